The topological polar surface area (TPSA) is 95.9 Å². The zero-order valence-electron chi connectivity index (χ0n) is 50.5. The average molecular weight is 1050 g/mol. The fourth-order valence-corrected chi connectivity index (χ4v) is 10.5. The molecule has 2 unspecified atom stereocenters. The maximum atomic E-state index is 12.5. The van der Waals surface area contributed by atoms with Crippen LogP contribution in [0, 0.1) is 0 Å². The quantitative estimate of drug-likeness (QED) is 0.0320. The van der Waals surface area contributed by atoms with Gasteiger partial charge in [0.2, 0.25) is 5.91 Å². The molecule has 0 aliphatic heterocycles. The number of esters is 1. The second-order valence-corrected chi connectivity index (χ2v) is 23.2. The van der Waals surface area contributed by atoms with Gasteiger partial charge in [0.25, 0.3) is 0 Å². The Hall–Kier alpha value is -1.92. The number of aliphatic hydroxyl groups excluding tert-OH is 2. The molecule has 0 aromatic heterocycles. The van der Waals surface area contributed by atoms with Gasteiger partial charge in [-0.25, -0.2) is 0 Å². The number of carbonyl (C=O) groups is 2. The Kier molecular flexibility index (Phi) is 63.0. The van der Waals surface area contributed by atoms with E-state index in [-0.39, 0.29) is 18.5 Å². The molecule has 0 rings (SSSR count). The van der Waals surface area contributed by atoms with Crippen molar-refractivity contribution in [3.05, 3.63) is 36.5 Å². The van der Waals surface area contributed by atoms with E-state index in [4.69, 9.17) is 4.74 Å². The number of hydrogen-bond donors (Lipinski definition) is 3. The van der Waals surface area contributed by atoms with Gasteiger partial charge in [-0.3, -0.25) is 9.59 Å². The summed E-state index contributed by atoms with van der Waals surface area (Å²) >= 11 is 0. The van der Waals surface area contributed by atoms with E-state index in [2.05, 4.69) is 43.5 Å². The molecular weight excluding hydrogens is 923 g/mol. The summed E-state index contributed by atoms with van der Waals surface area (Å²) in [5.41, 5.74) is 0. The Balaban J connectivity index is 3.43. The maximum Gasteiger partial charge on any atom is 0.305 e. The van der Waals surface area contributed by atoms with Crippen molar-refractivity contribution in [3.8, 4) is 0 Å². The minimum absolute atomic E-state index is 0.0128. The first-order valence-electron chi connectivity index (χ1n) is 33.8. The highest BCUT2D eigenvalue weighted by atomic mass is 16.5. The number of hydrogen-bond acceptors (Lipinski definition) is 5. The molecule has 0 fully saturated rings. The van der Waals surface area contributed by atoms with E-state index in [1.54, 1.807) is 6.08 Å². The van der Waals surface area contributed by atoms with Crippen LogP contribution in [0.2, 0.25) is 0 Å². The van der Waals surface area contributed by atoms with Crippen molar-refractivity contribution in [2.45, 2.75) is 379 Å². The van der Waals surface area contributed by atoms with Gasteiger partial charge >= 0.3 is 5.97 Å². The van der Waals surface area contributed by atoms with Crippen LogP contribution in [0.3, 0.4) is 0 Å². The lowest BCUT2D eigenvalue weighted by Crippen LogP contribution is -2.45. The van der Waals surface area contributed by atoms with Crippen LogP contribution in [-0.4, -0.2) is 47.4 Å². The van der Waals surface area contributed by atoms with Crippen LogP contribution < -0.4 is 5.32 Å². The Bertz CT molecular complexity index is 1210. The molecule has 6 nitrogen and oxygen atoms in total. The molecule has 0 aromatic carbocycles. The molecule has 6 heteroatoms. The molecule has 0 aromatic rings. The zero-order valence-corrected chi connectivity index (χ0v) is 50.5. The third-order valence-corrected chi connectivity index (χ3v) is 15.7. The van der Waals surface area contributed by atoms with E-state index in [9.17, 15) is 19.8 Å². The van der Waals surface area contributed by atoms with Gasteiger partial charge in [0, 0.05) is 12.8 Å². The molecule has 0 aliphatic carbocycles. The molecule has 0 radical (unpaired) electrons. The first-order chi connectivity index (χ1) is 37.0. The monoisotopic (exact) mass is 1050 g/mol. The first-order valence-corrected chi connectivity index (χ1v) is 33.8. The van der Waals surface area contributed by atoms with E-state index in [1.165, 1.54) is 295 Å². The summed E-state index contributed by atoms with van der Waals surface area (Å²) in [5, 5.41) is 23.2. The summed E-state index contributed by atoms with van der Waals surface area (Å²) in [7, 11) is 0. The smallest absolute Gasteiger partial charge is 0.305 e. The van der Waals surface area contributed by atoms with Crippen LogP contribution >= 0.6 is 0 Å². The van der Waals surface area contributed by atoms with Crippen molar-refractivity contribution in [3.63, 3.8) is 0 Å². The fourth-order valence-electron chi connectivity index (χ4n) is 10.5. The number of carbonyl (C=O) groups excluding carboxylic acids is 2. The van der Waals surface area contributed by atoms with Crippen molar-refractivity contribution in [2.75, 3.05) is 13.2 Å². The number of allylic oxidation sites excluding steroid dienone is 5. The number of unbranched alkanes of at least 4 members (excludes halogenated alkanes) is 48. The van der Waals surface area contributed by atoms with Gasteiger partial charge in [0.15, 0.2) is 0 Å². The van der Waals surface area contributed by atoms with E-state index in [0.717, 1.165) is 44.9 Å². The third kappa shape index (κ3) is 61.2. The van der Waals surface area contributed by atoms with Crippen molar-refractivity contribution < 1.29 is 24.5 Å². The van der Waals surface area contributed by atoms with E-state index in [1.807, 2.05) is 6.08 Å². The summed E-state index contributed by atoms with van der Waals surface area (Å²) in [6.07, 6.45) is 82.1. The van der Waals surface area contributed by atoms with Crippen molar-refractivity contribution in [2.24, 2.45) is 0 Å². The molecule has 75 heavy (non-hydrogen) atoms. The second-order valence-electron chi connectivity index (χ2n) is 23.2. The van der Waals surface area contributed by atoms with Crippen LogP contribution in [0.1, 0.15) is 367 Å². The minimum atomic E-state index is -0.847. The van der Waals surface area contributed by atoms with Gasteiger partial charge < -0.3 is 20.3 Å². The van der Waals surface area contributed by atoms with Gasteiger partial charge in [-0.15, -0.1) is 0 Å². The molecule has 0 bridgehead atoms. The van der Waals surface area contributed by atoms with E-state index >= 15 is 0 Å². The lowest BCUT2D eigenvalue weighted by Gasteiger charge is -2.20. The van der Waals surface area contributed by atoms with Crippen molar-refractivity contribution in [1.82, 2.24) is 5.32 Å². The molecule has 0 spiro atoms. The highest BCUT2D eigenvalue weighted by Gasteiger charge is 2.18. The largest absolute Gasteiger partial charge is 0.466 e. The van der Waals surface area contributed by atoms with Crippen molar-refractivity contribution in [1.29, 1.82) is 0 Å². The maximum absolute atomic E-state index is 12.5. The van der Waals surface area contributed by atoms with E-state index < -0.39 is 12.1 Å². The molecule has 0 heterocycles. The highest BCUT2D eigenvalue weighted by Crippen LogP contribution is 2.18. The fraction of sp³-hybridized carbons (Fsp3) is 0.884. The predicted octanol–water partition coefficient (Wildman–Crippen LogP) is 21.5. The molecule has 442 valence electrons. The molecule has 3 N–H and O–H groups in total. The number of ether oxygens (including phenoxy) is 1. The van der Waals surface area contributed by atoms with Gasteiger partial charge in [-0.1, -0.05) is 326 Å². The lowest BCUT2D eigenvalue weighted by molar-refractivity contribution is -0.143. The Labute approximate surface area is 468 Å². The minimum Gasteiger partial charge on any atom is -0.466 e. The van der Waals surface area contributed by atoms with Gasteiger partial charge in [-0.05, 0) is 64.2 Å². The van der Waals surface area contributed by atoms with Gasteiger partial charge in [0.1, 0.15) is 0 Å². The number of nitrogens with one attached hydrogen (secondary N) is 1. The number of rotatable bonds is 63. The molecular formula is C69H131NO5. The first kappa shape index (κ1) is 73.1. The van der Waals surface area contributed by atoms with Gasteiger partial charge in [-0.2, -0.15) is 0 Å². The standard InChI is InChI=1S/C69H131NO5/c1-3-5-7-9-11-13-15-17-19-31-34-37-41-45-49-53-57-61-67(72)66(65-71)70-68(73)62-58-54-50-46-42-38-35-32-29-27-25-23-21-20-22-24-26-28-30-33-36-40-44-48-52-56-60-64-75-69(74)63-59-55-51-47-43-39-18-16-14-12-10-8-6-4-2/h20-21,24,26,57,61,66-67,71-72H,3-19,22-23,25,27-56,58-60,62-65H2,1-2H3,(H,70,73)/b21-20-,26-24-,61-57+. The summed E-state index contributed by atoms with van der Waals surface area (Å²) in [6, 6.07) is -0.631. The summed E-state index contributed by atoms with van der Waals surface area (Å²) in [6.45, 7) is 4.93. The van der Waals surface area contributed by atoms with E-state index in [0.29, 0.717) is 19.4 Å². The van der Waals surface area contributed by atoms with Crippen LogP contribution in [-0.2, 0) is 14.3 Å². The molecule has 0 saturated carbocycles. The second kappa shape index (κ2) is 64.6. The SMILES string of the molecule is CCCCCCCCCCCCCCCCC/C=C/C(O)C(CO)NC(=O)CCCCCCCCCCCCC/C=C\C/C=C\CCCCCCCCCCCOC(=O)CCCCCCCCCCCCCCCC. The Morgan fingerprint density at radius 1 is 0.373 bits per heavy atom. The normalized spacial score (nSPS) is 12.7. The third-order valence-electron chi connectivity index (χ3n) is 15.7. The number of amides is 1. The summed E-state index contributed by atoms with van der Waals surface area (Å²) in [5.74, 6) is -0.0560. The Morgan fingerprint density at radius 3 is 1.01 bits per heavy atom. The highest BCUT2D eigenvalue weighted by molar-refractivity contribution is 5.76. The van der Waals surface area contributed by atoms with Crippen LogP contribution in [0.5, 0.6) is 0 Å². The molecule has 1 amide bonds. The predicted molar refractivity (Wildman–Crippen MR) is 329 cm³/mol. The van der Waals surface area contributed by atoms with Crippen LogP contribution in [0.15, 0.2) is 36.5 Å². The molecule has 2 atom stereocenters. The molecule has 0 saturated heterocycles. The summed E-state index contributed by atoms with van der Waals surface area (Å²) in [4.78, 5) is 24.5. The van der Waals surface area contributed by atoms with Crippen LogP contribution in [0.25, 0.3) is 0 Å². The number of aliphatic hydroxyl groups is 2. The van der Waals surface area contributed by atoms with Crippen LogP contribution in [0.4, 0.5) is 0 Å². The molecule has 0 aliphatic rings. The summed E-state index contributed by atoms with van der Waals surface area (Å²) < 4.78 is 5.49. The Morgan fingerprint density at radius 2 is 0.667 bits per heavy atom. The average Bonchev–Trinajstić information content (AvgIpc) is 3.41. The van der Waals surface area contributed by atoms with Gasteiger partial charge in [0.05, 0.1) is 25.4 Å². The van der Waals surface area contributed by atoms with Crippen molar-refractivity contribution >= 4 is 11.9 Å². The lowest BCUT2D eigenvalue weighted by atomic mass is 10.0. The zero-order chi connectivity index (χ0) is 54.3.